The van der Waals surface area contributed by atoms with Gasteiger partial charge in [-0.05, 0) is 67.3 Å². The van der Waals surface area contributed by atoms with Crippen LogP contribution in [0.15, 0.2) is 72.3 Å². The van der Waals surface area contributed by atoms with Crippen molar-refractivity contribution in [2.45, 2.75) is 33.2 Å². The predicted octanol–water partition coefficient (Wildman–Crippen LogP) is 5.42. The first-order valence-corrected chi connectivity index (χ1v) is 11.2. The van der Waals surface area contributed by atoms with E-state index in [2.05, 4.69) is 0 Å². The van der Waals surface area contributed by atoms with Crippen molar-refractivity contribution < 1.29 is 24.5 Å². The van der Waals surface area contributed by atoms with Gasteiger partial charge in [-0.25, -0.2) is 0 Å². The van der Waals surface area contributed by atoms with Crippen molar-refractivity contribution in [3.05, 3.63) is 94.6 Å². The highest BCUT2D eigenvalue weighted by molar-refractivity contribution is 6.51. The van der Waals surface area contributed by atoms with E-state index in [1.165, 1.54) is 17.0 Å². The molecule has 1 atom stereocenters. The average molecular weight is 458 g/mol. The van der Waals surface area contributed by atoms with Gasteiger partial charge in [-0.3, -0.25) is 14.5 Å². The van der Waals surface area contributed by atoms with Gasteiger partial charge in [0.05, 0.1) is 18.2 Å². The fourth-order valence-electron chi connectivity index (χ4n) is 4.14. The lowest BCUT2D eigenvalue weighted by atomic mass is 9.94. The first kappa shape index (κ1) is 23.1. The van der Waals surface area contributed by atoms with Crippen molar-refractivity contribution in [2.24, 2.45) is 0 Å². The molecule has 1 unspecified atom stereocenters. The first-order valence-electron chi connectivity index (χ1n) is 11.2. The van der Waals surface area contributed by atoms with E-state index < -0.39 is 17.7 Å². The maximum atomic E-state index is 13.3. The molecule has 34 heavy (non-hydrogen) atoms. The van der Waals surface area contributed by atoms with Crippen molar-refractivity contribution in [1.82, 2.24) is 0 Å². The molecule has 0 radical (unpaired) electrons. The molecular weight excluding hydrogens is 430 g/mol. The van der Waals surface area contributed by atoms with E-state index in [9.17, 15) is 19.8 Å². The maximum Gasteiger partial charge on any atom is 0.300 e. The minimum atomic E-state index is -0.860. The molecule has 1 aliphatic rings. The van der Waals surface area contributed by atoms with Crippen LogP contribution in [-0.4, -0.2) is 28.5 Å². The van der Waals surface area contributed by atoms with E-state index in [1.54, 1.807) is 36.4 Å². The van der Waals surface area contributed by atoms with Crippen LogP contribution < -0.4 is 9.64 Å². The van der Waals surface area contributed by atoms with Crippen LogP contribution in [0.1, 0.15) is 41.6 Å². The van der Waals surface area contributed by atoms with Crippen molar-refractivity contribution >= 4 is 23.1 Å². The van der Waals surface area contributed by atoms with Crippen LogP contribution in [0, 0.1) is 13.8 Å². The second-order valence-electron chi connectivity index (χ2n) is 8.43. The van der Waals surface area contributed by atoms with Gasteiger partial charge >= 0.3 is 0 Å². The minimum absolute atomic E-state index is 0.00997. The van der Waals surface area contributed by atoms with Crippen LogP contribution in [0.2, 0.25) is 0 Å². The van der Waals surface area contributed by atoms with Crippen molar-refractivity contribution in [2.75, 3.05) is 11.5 Å². The fourth-order valence-corrected chi connectivity index (χ4v) is 4.14. The molecule has 2 N–H and O–H groups in total. The Hall–Kier alpha value is -4.06. The summed E-state index contributed by atoms with van der Waals surface area (Å²) in [5.74, 6) is -1.13. The number of anilines is 1. The molecule has 0 bridgehead atoms. The van der Waals surface area contributed by atoms with Gasteiger partial charge in [-0.15, -0.1) is 0 Å². The van der Waals surface area contributed by atoms with Gasteiger partial charge in [0.25, 0.3) is 11.7 Å². The Bertz CT molecular complexity index is 1280. The third kappa shape index (κ3) is 4.27. The number of hydrogen-bond donors (Lipinski definition) is 2. The zero-order valence-corrected chi connectivity index (χ0v) is 19.4. The van der Waals surface area contributed by atoms with Gasteiger partial charge in [0.2, 0.25) is 0 Å². The van der Waals surface area contributed by atoms with Crippen molar-refractivity contribution in [1.29, 1.82) is 0 Å². The summed E-state index contributed by atoms with van der Waals surface area (Å²) in [7, 11) is 0. The Morgan fingerprint density at radius 3 is 2.44 bits per heavy atom. The molecule has 3 aromatic carbocycles. The lowest BCUT2D eigenvalue weighted by Crippen LogP contribution is -2.30. The van der Waals surface area contributed by atoms with E-state index in [0.29, 0.717) is 29.2 Å². The molecule has 1 saturated heterocycles. The first-order chi connectivity index (χ1) is 16.3. The largest absolute Gasteiger partial charge is 0.508 e. The molecule has 6 nitrogen and oxygen atoms in total. The second-order valence-corrected chi connectivity index (χ2v) is 8.43. The molecular formula is C28H27NO5. The number of hydrogen-bond acceptors (Lipinski definition) is 5. The summed E-state index contributed by atoms with van der Waals surface area (Å²) in [6.45, 7) is 6.30. The zero-order chi connectivity index (χ0) is 24.4. The van der Waals surface area contributed by atoms with E-state index in [4.69, 9.17) is 4.74 Å². The summed E-state index contributed by atoms with van der Waals surface area (Å²) < 4.78 is 5.68. The third-order valence-corrected chi connectivity index (χ3v) is 5.86. The van der Waals surface area contributed by atoms with Crippen molar-refractivity contribution in [3.8, 4) is 11.5 Å². The Kier molecular flexibility index (Phi) is 6.41. The highest BCUT2D eigenvalue weighted by atomic mass is 16.5. The predicted molar refractivity (Wildman–Crippen MR) is 131 cm³/mol. The SMILES string of the molecule is CCCOc1cccc(/C(O)=C2\C(=O)C(=O)N(c3cc(C)ccc3C)C2c2ccc(O)cc2)c1. The van der Waals surface area contributed by atoms with E-state index in [0.717, 1.165) is 17.5 Å². The standard InChI is InChI=1S/C28H27NO5/c1-4-14-34-22-7-5-6-20(16-22)26(31)24-25(19-10-12-21(30)13-11-19)29(28(33)27(24)32)23-15-17(2)8-9-18(23)3/h5-13,15-16,25,30-31H,4,14H2,1-3H3/b26-24+. The van der Waals surface area contributed by atoms with E-state index >= 15 is 0 Å². The number of nitrogens with zero attached hydrogens (tertiary/aromatic N) is 1. The van der Waals surface area contributed by atoms with Gasteiger partial charge in [0.15, 0.2) is 0 Å². The molecule has 6 heteroatoms. The number of aromatic hydroxyl groups is 1. The molecule has 1 aliphatic heterocycles. The number of benzene rings is 3. The van der Waals surface area contributed by atoms with Gasteiger partial charge in [-0.2, -0.15) is 0 Å². The van der Waals surface area contributed by atoms with Crippen LogP contribution in [-0.2, 0) is 9.59 Å². The van der Waals surface area contributed by atoms with Crippen LogP contribution in [0.25, 0.3) is 5.76 Å². The van der Waals surface area contributed by atoms with Gasteiger partial charge in [0, 0.05) is 11.3 Å². The summed E-state index contributed by atoms with van der Waals surface area (Å²) in [6, 6.07) is 18.0. The Balaban J connectivity index is 1.92. The number of rotatable bonds is 6. The number of carbonyl (C=O) groups is 2. The van der Waals surface area contributed by atoms with Crippen LogP contribution >= 0.6 is 0 Å². The van der Waals surface area contributed by atoms with Crippen LogP contribution in [0.4, 0.5) is 5.69 Å². The lowest BCUT2D eigenvalue weighted by molar-refractivity contribution is -0.132. The summed E-state index contributed by atoms with van der Waals surface area (Å²) in [5.41, 5.74) is 3.33. The quantitative estimate of drug-likeness (QED) is 0.293. The summed E-state index contributed by atoms with van der Waals surface area (Å²) >= 11 is 0. The van der Waals surface area contributed by atoms with Crippen molar-refractivity contribution in [3.63, 3.8) is 0 Å². The topological polar surface area (TPSA) is 87.1 Å². The molecule has 174 valence electrons. The lowest BCUT2D eigenvalue weighted by Gasteiger charge is -2.27. The third-order valence-electron chi connectivity index (χ3n) is 5.86. The Morgan fingerprint density at radius 1 is 1.00 bits per heavy atom. The van der Waals surface area contributed by atoms with Crippen LogP contribution in [0.5, 0.6) is 11.5 Å². The number of carbonyl (C=O) groups excluding carboxylic acids is 2. The van der Waals surface area contributed by atoms with E-state index in [-0.39, 0.29) is 17.1 Å². The van der Waals surface area contributed by atoms with Gasteiger partial charge < -0.3 is 14.9 Å². The second kappa shape index (κ2) is 9.43. The number of ketones is 1. The molecule has 4 rings (SSSR count). The number of amides is 1. The molecule has 3 aromatic rings. The average Bonchev–Trinajstić information content (AvgIpc) is 3.09. The summed E-state index contributed by atoms with van der Waals surface area (Å²) in [4.78, 5) is 28.1. The number of phenolic OH excluding ortho intramolecular Hbond substituents is 1. The zero-order valence-electron chi connectivity index (χ0n) is 19.4. The number of phenols is 1. The molecule has 0 aliphatic carbocycles. The number of Topliss-reactive ketones (excluding diaryl/α,β-unsaturated/α-hetero) is 1. The number of aliphatic hydroxyl groups is 1. The number of aliphatic hydroxyl groups excluding tert-OH is 1. The monoisotopic (exact) mass is 457 g/mol. The number of ether oxygens (including phenoxy) is 1. The van der Waals surface area contributed by atoms with E-state index in [1.807, 2.05) is 39.0 Å². The van der Waals surface area contributed by atoms with Gasteiger partial charge in [0.1, 0.15) is 17.3 Å². The smallest absolute Gasteiger partial charge is 0.300 e. The molecule has 1 heterocycles. The fraction of sp³-hybridized carbons (Fsp3) is 0.214. The maximum absolute atomic E-state index is 13.3. The highest BCUT2D eigenvalue weighted by Crippen LogP contribution is 2.43. The molecule has 0 saturated carbocycles. The Labute approximate surface area is 198 Å². The summed E-state index contributed by atoms with van der Waals surface area (Å²) in [5, 5.41) is 21.1. The molecule has 0 aromatic heterocycles. The number of aryl methyl sites for hydroxylation is 2. The summed E-state index contributed by atoms with van der Waals surface area (Å²) in [6.07, 6.45) is 0.831. The minimum Gasteiger partial charge on any atom is -0.508 e. The highest BCUT2D eigenvalue weighted by Gasteiger charge is 2.47. The van der Waals surface area contributed by atoms with Gasteiger partial charge in [-0.1, -0.05) is 43.3 Å². The molecule has 1 amide bonds. The normalized spacial score (nSPS) is 17.3. The Morgan fingerprint density at radius 2 is 1.74 bits per heavy atom. The molecule has 1 fully saturated rings. The molecule has 0 spiro atoms. The van der Waals surface area contributed by atoms with Crippen LogP contribution in [0.3, 0.4) is 0 Å².